The molecule has 0 bridgehead atoms. The third-order valence-electron chi connectivity index (χ3n) is 3.28. The number of halogens is 1. The van der Waals surface area contributed by atoms with Gasteiger partial charge in [-0.25, -0.2) is 9.97 Å². The second-order valence-electron chi connectivity index (χ2n) is 4.84. The molecule has 0 aliphatic carbocycles. The molecule has 3 aromatic rings. The van der Waals surface area contributed by atoms with Gasteiger partial charge in [0.05, 0.1) is 6.20 Å². The van der Waals surface area contributed by atoms with Crippen molar-refractivity contribution in [2.75, 3.05) is 24.3 Å². The Morgan fingerprint density at radius 2 is 2.24 bits per heavy atom. The van der Waals surface area contributed by atoms with E-state index in [0.29, 0.717) is 6.54 Å². The summed E-state index contributed by atoms with van der Waals surface area (Å²) in [6, 6.07) is 7.83. The molecule has 0 unspecified atom stereocenters. The van der Waals surface area contributed by atoms with Gasteiger partial charge in [0.25, 0.3) is 0 Å². The normalized spacial score (nSPS) is 10.8. The van der Waals surface area contributed by atoms with E-state index in [2.05, 4.69) is 20.2 Å². The van der Waals surface area contributed by atoms with Crippen molar-refractivity contribution in [3.05, 3.63) is 53.4 Å². The summed E-state index contributed by atoms with van der Waals surface area (Å²) in [7, 11) is 3.85. The second kappa shape index (κ2) is 5.61. The molecule has 1 N–H and O–H groups in total. The van der Waals surface area contributed by atoms with Gasteiger partial charge in [-0.15, -0.1) is 0 Å². The highest BCUT2D eigenvalue weighted by Crippen LogP contribution is 2.22. The number of imidazole rings is 1. The predicted octanol–water partition coefficient (Wildman–Crippen LogP) is 3.06. The molecule has 0 saturated carbocycles. The van der Waals surface area contributed by atoms with E-state index in [-0.39, 0.29) is 0 Å². The highest BCUT2D eigenvalue weighted by Gasteiger charge is 2.12. The van der Waals surface area contributed by atoms with Crippen LogP contribution in [0.4, 0.5) is 11.6 Å². The van der Waals surface area contributed by atoms with E-state index in [0.717, 1.165) is 27.9 Å². The summed E-state index contributed by atoms with van der Waals surface area (Å²) in [5.74, 6) is 1.63. The van der Waals surface area contributed by atoms with Crippen LogP contribution in [0.2, 0.25) is 5.02 Å². The third-order valence-corrected chi connectivity index (χ3v) is 3.52. The van der Waals surface area contributed by atoms with Gasteiger partial charge in [0.15, 0.2) is 11.5 Å². The third kappa shape index (κ3) is 2.78. The van der Waals surface area contributed by atoms with Crippen LogP contribution in [0.1, 0.15) is 5.56 Å². The smallest absolute Gasteiger partial charge is 0.180 e. The van der Waals surface area contributed by atoms with E-state index >= 15 is 0 Å². The quantitative estimate of drug-likeness (QED) is 0.804. The fourth-order valence-corrected chi connectivity index (χ4v) is 2.49. The van der Waals surface area contributed by atoms with Crippen LogP contribution in [0.3, 0.4) is 0 Å². The highest BCUT2D eigenvalue weighted by atomic mass is 35.5. The number of nitrogens with zero attached hydrogens (tertiary/aromatic N) is 4. The van der Waals surface area contributed by atoms with Crippen LogP contribution in [-0.4, -0.2) is 28.5 Å². The van der Waals surface area contributed by atoms with Crippen molar-refractivity contribution in [2.45, 2.75) is 6.54 Å². The first-order chi connectivity index (χ1) is 10.2. The van der Waals surface area contributed by atoms with Gasteiger partial charge in [-0.2, -0.15) is 0 Å². The molecule has 3 rings (SSSR count). The van der Waals surface area contributed by atoms with Crippen molar-refractivity contribution in [1.82, 2.24) is 14.4 Å². The largest absolute Gasteiger partial charge is 0.372 e. The minimum absolute atomic E-state index is 0.712. The molecule has 2 aromatic heterocycles. The predicted molar refractivity (Wildman–Crippen MR) is 86.1 cm³/mol. The first kappa shape index (κ1) is 13.7. The lowest BCUT2D eigenvalue weighted by Gasteiger charge is -2.19. The molecule has 5 nitrogen and oxygen atoms in total. The highest BCUT2D eigenvalue weighted by molar-refractivity contribution is 6.30. The van der Waals surface area contributed by atoms with E-state index in [1.165, 1.54) is 0 Å². The number of rotatable bonds is 4. The van der Waals surface area contributed by atoms with Crippen molar-refractivity contribution < 1.29 is 0 Å². The molecule has 0 aliphatic rings. The van der Waals surface area contributed by atoms with Crippen molar-refractivity contribution >= 4 is 28.9 Å². The lowest BCUT2D eigenvalue weighted by molar-refractivity contribution is 0.893. The molecule has 0 atom stereocenters. The average molecular weight is 302 g/mol. The monoisotopic (exact) mass is 301 g/mol. The molecule has 108 valence electrons. The Labute approximate surface area is 128 Å². The Morgan fingerprint density at radius 1 is 1.38 bits per heavy atom. The van der Waals surface area contributed by atoms with E-state index in [1.54, 1.807) is 6.20 Å². The van der Waals surface area contributed by atoms with Gasteiger partial charge in [0.2, 0.25) is 0 Å². The van der Waals surface area contributed by atoms with Gasteiger partial charge in [-0.05, 0) is 17.7 Å². The Balaban J connectivity index is 1.97. The molecule has 0 aliphatic heterocycles. The zero-order valence-corrected chi connectivity index (χ0v) is 12.7. The minimum atomic E-state index is 0.712. The van der Waals surface area contributed by atoms with Gasteiger partial charge in [0.1, 0.15) is 5.82 Å². The summed E-state index contributed by atoms with van der Waals surface area (Å²) in [6.07, 6.45) is 5.60. The van der Waals surface area contributed by atoms with Crippen molar-refractivity contribution in [2.24, 2.45) is 0 Å². The van der Waals surface area contributed by atoms with Gasteiger partial charge in [-0.3, -0.25) is 0 Å². The van der Waals surface area contributed by atoms with Crippen LogP contribution in [0.25, 0.3) is 5.65 Å². The lowest BCUT2D eigenvalue weighted by atomic mass is 10.2. The zero-order valence-electron chi connectivity index (χ0n) is 11.9. The molecular weight excluding hydrogens is 286 g/mol. The maximum atomic E-state index is 6.04. The molecule has 1 aromatic carbocycles. The van der Waals surface area contributed by atoms with Crippen LogP contribution in [0.15, 0.2) is 42.9 Å². The van der Waals surface area contributed by atoms with Crippen molar-refractivity contribution in [3.63, 3.8) is 0 Å². The van der Waals surface area contributed by atoms with Gasteiger partial charge in [0, 0.05) is 38.1 Å². The number of hydrogen-bond donors (Lipinski definition) is 1. The topological polar surface area (TPSA) is 45.5 Å². The van der Waals surface area contributed by atoms with E-state index in [9.17, 15) is 0 Å². The molecule has 0 saturated heterocycles. The summed E-state index contributed by atoms with van der Waals surface area (Å²) < 4.78 is 1.96. The Bertz CT molecular complexity index is 768. The molecule has 0 fully saturated rings. The average Bonchev–Trinajstić information content (AvgIpc) is 2.94. The number of hydrogen-bond acceptors (Lipinski definition) is 4. The number of nitrogens with one attached hydrogen (secondary N) is 1. The Hall–Kier alpha value is -2.27. The van der Waals surface area contributed by atoms with Crippen molar-refractivity contribution in [1.29, 1.82) is 0 Å². The zero-order chi connectivity index (χ0) is 14.8. The molecular formula is C15H16ClN5. The lowest BCUT2D eigenvalue weighted by Crippen LogP contribution is -2.19. The van der Waals surface area contributed by atoms with Crippen LogP contribution in [-0.2, 0) is 6.54 Å². The summed E-state index contributed by atoms with van der Waals surface area (Å²) in [5, 5.41) is 3.81. The molecule has 0 radical (unpaired) electrons. The standard InChI is InChI=1S/C15H16ClN5/c1-17-13-10-21-7-6-18-14(21)15(19-13)20(2)9-11-4-3-5-12(16)8-11/h3-8,10,17H,9H2,1-2H3. The maximum absolute atomic E-state index is 6.04. The number of anilines is 2. The molecule has 21 heavy (non-hydrogen) atoms. The van der Waals surface area contributed by atoms with Crippen LogP contribution in [0, 0.1) is 0 Å². The number of fused-ring (bicyclic) bond motifs is 1. The van der Waals surface area contributed by atoms with E-state index < -0.39 is 0 Å². The summed E-state index contributed by atoms with van der Waals surface area (Å²) in [5.41, 5.74) is 1.96. The summed E-state index contributed by atoms with van der Waals surface area (Å²) in [6.45, 7) is 0.712. The summed E-state index contributed by atoms with van der Waals surface area (Å²) >= 11 is 6.04. The fourth-order valence-electron chi connectivity index (χ4n) is 2.28. The Kier molecular flexibility index (Phi) is 3.66. The molecule has 6 heteroatoms. The molecule has 2 heterocycles. The maximum Gasteiger partial charge on any atom is 0.180 e. The molecule has 0 amide bonds. The summed E-state index contributed by atoms with van der Waals surface area (Å²) in [4.78, 5) is 11.1. The fraction of sp³-hybridized carbons (Fsp3) is 0.200. The molecule has 0 spiro atoms. The second-order valence-corrected chi connectivity index (χ2v) is 5.28. The first-order valence-corrected chi connectivity index (χ1v) is 7.02. The van der Waals surface area contributed by atoms with Crippen LogP contribution < -0.4 is 10.2 Å². The van der Waals surface area contributed by atoms with E-state index in [1.807, 2.05) is 55.2 Å². The SMILES string of the molecule is CNc1cn2ccnc2c(N(C)Cc2cccc(Cl)c2)n1. The van der Waals surface area contributed by atoms with Crippen molar-refractivity contribution in [3.8, 4) is 0 Å². The van der Waals surface area contributed by atoms with Crippen LogP contribution >= 0.6 is 11.6 Å². The number of benzene rings is 1. The number of aromatic nitrogens is 3. The minimum Gasteiger partial charge on any atom is -0.372 e. The van der Waals surface area contributed by atoms with Gasteiger partial charge in [-0.1, -0.05) is 23.7 Å². The van der Waals surface area contributed by atoms with Gasteiger partial charge < -0.3 is 14.6 Å². The first-order valence-electron chi connectivity index (χ1n) is 6.64. The van der Waals surface area contributed by atoms with E-state index in [4.69, 9.17) is 11.6 Å². The van der Waals surface area contributed by atoms with Crippen LogP contribution in [0.5, 0.6) is 0 Å². The van der Waals surface area contributed by atoms with Gasteiger partial charge >= 0.3 is 0 Å². The Morgan fingerprint density at radius 3 is 3.00 bits per heavy atom.